The fourth-order valence-electron chi connectivity index (χ4n) is 1.70. The van der Waals surface area contributed by atoms with Crippen LogP contribution in [0.25, 0.3) is 10.9 Å². The van der Waals surface area contributed by atoms with Gasteiger partial charge in [-0.2, -0.15) is 0 Å². The van der Waals surface area contributed by atoms with Crippen molar-refractivity contribution in [2.45, 2.75) is 13.5 Å². The summed E-state index contributed by atoms with van der Waals surface area (Å²) in [6, 6.07) is 10.1. The molecule has 1 aromatic heterocycles. The van der Waals surface area contributed by atoms with Gasteiger partial charge in [0.05, 0.1) is 12.1 Å². The van der Waals surface area contributed by atoms with Gasteiger partial charge in [-0.05, 0) is 18.6 Å². The van der Waals surface area contributed by atoms with E-state index in [1.165, 1.54) is 0 Å². The Bertz CT molecular complexity index is 528. The highest BCUT2D eigenvalue weighted by molar-refractivity contribution is 5.82. The van der Waals surface area contributed by atoms with Crippen molar-refractivity contribution in [3.05, 3.63) is 42.1 Å². The number of nitrogens with two attached hydrogens (primary N) is 1. The topological polar surface area (TPSA) is 63.3 Å². The molecule has 0 spiro atoms. The van der Waals surface area contributed by atoms with Gasteiger partial charge in [-0.3, -0.25) is 4.98 Å². The number of pyridine rings is 1. The summed E-state index contributed by atoms with van der Waals surface area (Å²) in [4.78, 5) is 8.65. The van der Waals surface area contributed by atoms with Gasteiger partial charge in [-0.15, -0.1) is 0 Å². The quantitative estimate of drug-likeness (QED) is 0.620. The summed E-state index contributed by atoms with van der Waals surface area (Å²) in [5, 5.41) is 4.10. The summed E-state index contributed by atoms with van der Waals surface area (Å²) in [5.74, 6) is 0.473. The molecule has 4 heteroatoms. The standard InChI is InChI=1S/C13H16N4/c1-2-15-13(14)17-9-11-6-3-5-10-7-4-8-16-12(10)11/h3-8H,2,9H2,1H3,(H3,14,15,17). The highest BCUT2D eigenvalue weighted by atomic mass is 15.1. The molecule has 0 saturated heterocycles. The van der Waals surface area contributed by atoms with E-state index < -0.39 is 0 Å². The Balaban J connectivity index is 2.27. The van der Waals surface area contributed by atoms with Crippen molar-refractivity contribution >= 4 is 16.9 Å². The lowest BCUT2D eigenvalue weighted by Crippen LogP contribution is -2.31. The molecular formula is C13H16N4. The Kier molecular flexibility index (Phi) is 3.55. The first-order valence-corrected chi connectivity index (χ1v) is 5.67. The maximum absolute atomic E-state index is 5.69. The van der Waals surface area contributed by atoms with E-state index in [0.29, 0.717) is 12.5 Å². The number of hydrogen-bond acceptors (Lipinski definition) is 2. The number of aromatic nitrogens is 1. The molecule has 1 aromatic carbocycles. The normalized spacial score (nSPS) is 11.7. The molecule has 0 aliphatic carbocycles. The molecule has 0 amide bonds. The minimum atomic E-state index is 0.473. The van der Waals surface area contributed by atoms with Crippen molar-refractivity contribution in [1.29, 1.82) is 0 Å². The highest BCUT2D eigenvalue weighted by Crippen LogP contribution is 2.16. The number of aliphatic imine (C=N–C) groups is 1. The number of rotatable bonds is 3. The van der Waals surface area contributed by atoms with Crippen LogP contribution in [0, 0.1) is 0 Å². The van der Waals surface area contributed by atoms with Gasteiger partial charge in [0.1, 0.15) is 0 Å². The Morgan fingerprint density at radius 3 is 3.00 bits per heavy atom. The number of fused-ring (bicyclic) bond motifs is 1. The zero-order valence-corrected chi connectivity index (χ0v) is 9.85. The van der Waals surface area contributed by atoms with E-state index in [-0.39, 0.29) is 0 Å². The van der Waals surface area contributed by atoms with Crippen molar-refractivity contribution in [2.24, 2.45) is 10.7 Å². The van der Waals surface area contributed by atoms with Gasteiger partial charge < -0.3 is 11.1 Å². The third-order valence-electron chi connectivity index (χ3n) is 2.49. The molecule has 0 aliphatic heterocycles. The smallest absolute Gasteiger partial charge is 0.188 e. The van der Waals surface area contributed by atoms with Gasteiger partial charge in [-0.1, -0.05) is 24.3 Å². The maximum atomic E-state index is 5.69. The third-order valence-corrected chi connectivity index (χ3v) is 2.49. The molecule has 17 heavy (non-hydrogen) atoms. The minimum Gasteiger partial charge on any atom is -0.370 e. The van der Waals surface area contributed by atoms with E-state index in [4.69, 9.17) is 5.73 Å². The second kappa shape index (κ2) is 5.30. The van der Waals surface area contributed by atoms with Crippen LogP contribution in [0.1, 0.15) is 12.5 Å². The zero-order valence-electron chi connectivity index (χ0n) is 9.85. The second-order valence-electron chi connectivity index (χ2n) is 3.72. The van der Waals surface area contributed by atoms with Gasteiger partial charge in [-0.25, -0.2) is 4.99 Å². The van der Waals surface area contributed by atoms with Gasteiger partial charge in [0.2, 0.25) is 0 Å². The maximum Gasteiger partial charge on any atom is 0.188 e. The molecule has 88 valence electrons. The predicted molar refractivity (Wildman–Crippen MR) is 70.7 cm³/mol. The molecule has 2 rings (SSSR count). The second-order valence-corrected chi connectivity index (χ2v) is 3.72. The summed E-state index contributed by atoms with van der Waals surface area (Å²) < 4.78 is 0. The Morgan fingerprint density at radius 2 is 2.18 bits per heavy atom. The highest BCUT2D eigenvalue weighted by Gasteiger charge is 2.00. The SMILES string of the molecule is CCNC(N)=NCc1cccc2cccnc12. The summed E-state index contributed by atoms with van der Waals surface area (Å²) in [7, 11) is 0. The van der Waals surface area contributed by atoms with Crippen LogP contribution in [0.4, 0.5) is 0 Å². The Labute approximate surface area is 101 Å². The molecule has 3 N–H and O–H groups in total. The summed E-state index contributed by atoms with van der Waals surface area (Å²) in [5.41, 5.74) is 7.77. The van der Waals surface area contributed by atoms with Gasteiger partial charge in [0, 0.05) is 18.1 Å². The summed E-state index contributed by atoms with van der Waals surface area (Å²) in [6.45, 7) is 3.32. The first-order chi connectivity index (χ1) is 8.31. The van der Waals surface area contributed by atoms with Crippen LogP contribution in [0.5, 0.6) is 0 Å². The van der Waals surface area contributed by atoms with Crippen LogP contribution >= 0.6 is 0 Å². The molecule has 0 saturated carbocycles. The van der Waals surface area contributed by atoms with E-state index in [1.54, 1.807) is 6.20 Å². The monoisotopic (exact) mass is 228 g/mol. The van der Waals surface area contributed by atoms with Crippen LogP contribution in [0.3, 0.4) is 0 Å². The van der Waals surface area contributed by atoms with Crippen molar-refractivity contribution in [1.82, 2.24) is 10.3 Å². The third kappa shape index (κ3) is 2.72. The number of benzene rings is 1. The number of nitrogens with one attached hydrogen (secondary N) is 1. The van der Waals surface area contributed by atoms with Gasteiger partial charge in [0.15, 0.2) is 5.96 Å². The van der Waals surface area contributed by atoms with E-state index >= 15 is 0 Å². The van der Waals surface area contributed by atoms with E-state index in [1.807, 2.05) is 37.3 Å². The lowest BCUT2D eigenvalue weighted by atomic mass is 10.1. The fourth-order valence-corrected chi connectivity index (χ4v) is 1.70. The Morgan fingerprint density at radius 1 is 1.35 bits per heavy atom. The summed E-state index contributed by atoms with van der Waals surface area (Å²) >= 11 is 0. The van der Waals surface area contributed by atoms with Crippen LogP contribution in [0.2, 0.25) is 0 Å². The van der Waals surface area contributed by atoms with E-state index in [0.717, 1.165) is 23.0 Å². The Hall–Kier alpha value is -2.10. The molecule has 0 radical (unpaired) electrons. The fraction of sp³-hybridized carbons (Fsp3) is 0.231. The number of nitrogens with zero attached hydrogens (tertiary/aromatic N) is 2. The van der Waals surface area contributed by atoms with Crippen LogP contribution in [-0.2, 0) is 6.54 Å². The first kappa shape index (κ1) is 11.4. The van der Waals surface area contributed by atoms with Crippen LogP contribution in [0.15, 0.2) is 41.5 Å². The lowest BCUT2D eigenvalue weighted by molar-refractivity contribution is 0.926. The average molecular weight is 228 g/mol. The molecule has 0 fully saturated rings. The van der Waals surface area contributed by atoms with E-state index in [9.17, 15) is 0 Å². The van der Waals surface area contributed by atoms with Crippen LogP contribution in [-0.4, -0.2) is 17.5 Å². The molecule has 1 heterocycles. The average Bonchev–Trinajstić information content (AvgIpc) is 2.36. The number of hydrogen-bond donors (Lipinski definition) is 2. The van der Waals surface area contributed by atoms with E-state index in [2.05, 4.69) is 15.3 Å². The summed E-state index contributed by atoms with van der Waals surface area (Å²) in [6.07, 6.45) is 1.79. The van der Waals surface area contributed by atoms with Crippen molar-refractivity contribution in [3.8, 4) is 0 Å². The zero-order chi connectivity index (χ0) is 12.1. The molecule has 0 atom stereocenters. The molecular weight excluding hydrogens is 212 g/mol. The minimum absolute atomic E-state index is 0.473. The van der Waals surface area contributed by atoms with Gasteiger partial charge in [0.25, 0.3) is 0 Å². The molecule has 0 bridgehead atoms. The molecule has 0 unspecified atom stereocenters. The van der Waals surface area contributed by atoms with Crippen LogP contribution < -0.4 is 11.1 Å². The number of para-hydroxylation sites is 1. The number of guanidine groups is 1. The molecule has 2 aromatic rings. The van der Waals surface area contributed by atoms with Crippen molar-refractivity contribution in [3.63, 3.8) is 0 Å². The predicted octanol–water partition coefficient (Wildman–Crippen LogP) is 1.66. The lowest BCUT2D eigenvalue weighted by Gasteiger charge is -2.04. The van der Waals surface area contributed by atoms with Crippen molar-refractivity contribution < 1.29 is 0 Å². The largest absolute Gasteiger partial charge is 0.370 e. The molecule has 0 aliphatic rings. The molecule has 4 nitrogen and oxygen atoms in total. The van der Waals surface area contributed by atoms with Crippen molar-refractivity contribution in [2.75, 3.05) is 6.54 Å². The van der Waals surface area contributed by atoms with Gasteiger partial charge >= 0.3 is 0 Å². The first-order valence-electron chi connectivity index (χ1n) is 5.67.